The minimum Gasteiger partial charge on any atom is -0.324 e. The Morgan fingerprint density at radius 2 is 1.49 bits per heavy atom. The lowest BCUT2D eigenvalue weighted by Crippen LogP contribution is -2.21. The van der Waals surface area contributed by atoms with Crippen molar-refractivity contribution in [2.45, 2.75) is 0 Å². The molecule has 0 aliphatic rings. The fraction of sp³-hybridized carbons (Fsp3) is 0.0370. The molecule has 0 aliphatic carbocycles. The van der Waals surface area contributed by atoms with Crippen LogP contribution in [0.3, 0.4) is 0 Å². The predicted octanol–water partition coefficient (Wildman–Crippen LogP) is 6.23. The minimum absolute atomic E-state index is 0.0946. The number of hydrogen-bond donors (Lipinski definition) is 1. The van der Waals surface area contributed by atoms with Gasteiger partial charge in [-0.3, -0.25) is 0 Å². The maximum atomic E-state index is 15.3. The van der Waals surface area contributed by atoms with Crippen molar-refractivity contribution in [1.82, 2.24) is 9.97 Å². The molecule has 0 bridgehead atoms. The standard InChI is InChI=1S/C27H18F2N6/c1-2-13-35(25-11-12-32-27(34-25)33-22-9-5-19(17-31)6-10-22)26-23(28)14-21(15-24(26)29)20-7-3-18(16-30)4-8-20/h2-12,14-15H,1,13H2,(H,32,33,34). The van der Waals surface area contributed by atoms with Gasteiger partial charge in [-0.1, -0.05) is 18.2 Å². The number of nitriles is 2. The first-order chi connectivity index (χ1) is 17.0. The summed E-state index contributed by atoms with van der Waals surface area (Å²) in [5.74, 6) is -1.06. The molecule has 0 radical (unpaired) electrons. The Labute approximate surface area is 201 Å². The molecule has 0 fully saturated rings. The number of aromatic nitrogens is 2. The van der Waals surface area contributed by atoms with Gasteiger partial charge in [0.25, 0.3) is 0 Å². The molecule has 6 nitrogen and oxygen atoms in total. The number of nitrogens with one attached hydrogen (secondary N) is 1. The molecule has 0 saturated carbocycles. The van der Waals surface area contributed by atoms with E-state index in [1.165, 1.54) is 29.3 Å². The van der Waals surface area contributed by atoms with Crippen LogP contribution in [0.2, 0.25) is 0 Å². The van der Waals surface area contributed by atoms with Crippen LogP contribution in [0, 0.1) is 34.3 Å². The third-order valence-electron chi connectivity index (χ3n) is 5.13. The van der Waals surface area contributed by atoms with Crippen LogP contribution in [0.15, 0.2) is 85.6 Å². The highest BCUT2D eigenvalue weighted by Crippen LogP contribution is 2.34. The highest BCUT2D eigenvalue weighted by atomic mass is 19.1. The van der Waals surface area contributed by atoms with Crippen LogP contribution in [0.4, 0.5) is 31.9 Å². The molecule has 0 unspecified atom stereocenters. The number of halogens is 2. The lowest BCUT2D eigenvalue weighted by Gasteiger charge is -2.24. The van der Waals surface area contributed by atoms with Gasteiger partial charge in [0.2, 0.25) is 5.95 Å². The van der Waals surface area contributed by atoms with E-state index >= 15 is 8.78 Å². The molecule has 0 spiro atoms. The number of hydrogen-bond acceptors (Lipinski definition) is 6. The van der Waals surface area contributed by atoms with Gasteiger partial charge < -0.3 is 10.2 Å². The molecule has 1 aromatic heterocycles. The SMILES string of the molecule is C=CCN(c1ccnc(Nc2ccc(C#N)cc2)n1)c1c(F)cc(-c2ccc(C#N)cc2)cc1F. The van der Waals surface area contributed by atoms with Crippen molar-refractivity contribution < 1.29 is 8.78 Å². The summed E-state index contributed by atoms with van der Waals surface area (Å²) in [5.41, 5.74) is 2.28. The van der Waals surface area contributed by atoms with Crippen molar-refractivity contribution in [3.05, 3.63) is 108 Å². The van der Waals surface area contributed by atoms with Crippen LogP contribution in [-0.2, 0) is 0 Å². The zero-order valence-electron chi connectivity index (χ0n) is 18.4. The Kier molecular flexibility index (Phi) is 6.76. The van der Waals surface area contributed by atoms with E-state index in [-0.39, 0.29) is 24.0 Å². The number of benzene rings is 3. The third-order valence-corrected chi connectivity index (χ3v) is 5.13. The second-order valence-corrected chi connectivity index (χ2v) is 7.43. The second-order valence-electron chi connectivity index (χ2n) is 7.43. The quantitative estimate of drug-likeness (QED) is 0.326. The average molecular weight is 464 g/mol. The number of nitrogens with zero attached hydrogens (tertiary/aromatic N) is 5. The molecule has 170 valence electrons. The second kappa shape index (κ2) is 10.2. The van der Waals surface area contributed by atoms with Gasteiger partial charge in [-0.25, -0.2) is 13.8 Å². The Hall–Kier alpha value is -5.08. The van der Waals surface area contributed by atoms with E-state index in [1.807, 2.05) is 12.1 Å². The van der Waals surface area contributed by atoms with Gasteiger partial charge in [0.05, 0.1) is 23.3 Å². The largest absolute Gasteiger partial charge is 0.324 e. The molecule has 1 N–H and O–H groups in total. The highest BCUT2D eigenvalue weighted by molar-refractivity contribution is 5.71. The summed E-state index contributed by atoms with van der Waals surface area (Å²) in [6, 6.07) is 21.3. The van der Waals surface area contributed by atoms with E-state index in [0.29, 0.717) is 27.9 Å². The molecular formula is C27H18F2N6. The van der Waals surface area contributed by atoms with Gasteiger partial charge in [0, 0.05) is 18.4 Å². The van der Waals surface area contributed by atoms with E-state index in [0.717, 1.165) is 0 Å². The maximum absolute atomic E-state index is 15.3. The molecule has 35 heavy (non-hydrogen) atoms. The molecule has 3 aromatic carbocycles. The van der Waals surface area contributed by atoms with Crippen molar-refractivity contribution in [3.63, 3.8) is 0 Å². The zero-order chi connectivity index (χ0) is 24.8. The van der Waals surface area contributed by atoms with Gasteiger partial charge in [0.1, 0.15) is 11.5 Å². The van der Waals surface area contributed by atoms with Crippen molar-refractivity contribution in [2.24, 2.45) is 0 Å². The van der Waals surface area contributed by atoms with Crippen LogP contribution in [-0.4, -0.2) is 16.5 Å². The van der Waals surface area contributed by atoms with E-state index in [2.05, 4.69) is 21.9 Å². The summed E-state index contributed by atoms with van der Waals surface area (Å²) >= 11 is 0. The highest BCUT2D eigenvalue weighted by Gasteiger charge is 2.21. The number of rotatable bonds is 7. The van der Waals surface area contributed by atoms with Gasteiger partial charge in [0.15, 0.2) is 11.6 Å². The summed E-state index contributed by atoms with van der Waals surface area (Å²) in [6.45, 7) is 3.80. The molecule has 8 heteroatoms. The molecule has 4 aromatic rings. The van der Waals surface area contributed by atoms with Gasteiger partial charge in [-0.05, 0) is 65.7 Å². The predicted molar refractivity (Wildman–Crippen MR) is 130 cm³/mol. The van der Waals surface area contributed by atoms with Crippen LogP contribution < -0.4 is 10.2 Å². The van der Waals surface area contributed by atoms with E-state index < -0.39 is 11.6 Å². The summed E-state index contributed by atoms with van der Waals surface area (Å²) in [4.78, 5) is 9.96. The van der Waals surface area contributed by atoms with Gasteiger partial charge in [-0.15, -0.1) is 6.58 Å². The third kappa shape index (κ3) is 5.13. The molecule has 0 saturated heterocycles. The molecule has 0 aliphatic heterocycles. The van der Waals surface area contributed by atoms with Crippen LogP contribution in [0.5, 0.6) is 0 Å². The summed E-state index contributed by atoms with van der Waals surface area (Å²) < 4.78 is 30.5. The first-order valence-electron chi connectivity index (χ1n) is 10.5. The fourth-order valence-electron chi connectivity index (χ4n) is 3.47. The smallest absolute Gasteiger partial charge is 0.229 e. The summed E-state index contributed by atoms with van der Waals surface area (Å²) in [7, 11) is 0. The summed E-state index contributed by atoms with van der Waals surface area (Å²) in [5, 5.41) is 20.9. The molecule has 0 amide bonds. The Morgan fingerprint density at radius 3 is 2.06 bits per heavy atom. The van der Waals surface area contributed by atoms with Gasteiger partial charge >= 0.3 is 0 Å². The van der Waals surface area contributed by atoms with Gasteiger partial charge in [-0.2, -0.15) is 15.5 Å². The topological polar surface area (TPSA) is 88.6 Å². The Balaban J connectivity index is 1.67. The summed E-state index contributed by atoms with van der Waals surface area (Å²) in [6.07, 6.45) is 2.99. The minimum atomic E-state index is -0.772. The first-order valence-corrected chi connectivity index (χ1v) is 10.5. The molecular weight excluding hydrogens is 446 g/mol. The van der Waals surface area contributed by atoms with Crippen molar-refractivity contribution in [1.29, 1.82) is 10.5 Å². The normalized spacial score (nSPS) is 10.2. The van der Waals surface area contributed by atoms with Crippen molar-refractivity contribution in [3.8, 4) is 23.3 Å². The van der Waals surface area contributed by atoms with Crippen LogP contribution in [0.1, 0.15) is 11.1 Å². The Bertz CT molecular complexity index is 1430. The zero-order valence-corrected chi connectivity index (χ0v) is 18.4. The number of anilines is 4. The van der Waals surface area contributed by atoms with Crippen molar-refractivity contribution >= 4 is 23.1 Å². The lowest BCUT2D eigenvalue weighted by molar-refractivity contribution is 0.582. The maximum Gasteiger partial charge on any atom is 0.229 e. The Morgan fingerprint density at radius 1 is 0.886 bits per heavy atom. The monoisotopic (exact) mass is 464 g/mol. The molecule has 0 atom stereocenters. The fourth-order valence-corrected chi connectivity index (χ4v) is 3.47. The average Bonchev–Trinajstić information content (AvgIpc) is 2.88. The molecule has 4 rings (SSSR count). The lowest BCUT2D eigenvalue weighted by atomic mass is 10.0. The van der Waals surface area contributed by atoms with E-state index in [9.17, 15) is 0 Å². The molecule has 1 heterocycles. The van der Waals surface area contributed by atoms with Crippen molar-refractivity contribution in [2.75, 3.05) is 16.8 Å². The van der Waals surface area contributed by atoms with Crippen LogP contribution in [0.25, 0.3) is 11.1 Å². The first kappa shape index (κ1) is 23.1. The van der Waals surface area contributed by atoms with E-state index in [1.54, 1.807) is 54.6 Å². The van der Waals surface area contributed by atoms with E-state index in [4.69, 9.17) is 10.5 Å². The van der Waals surface area contributed by atoms with Crippen LogP contribution >= 0.6 is 0 Å².